The number of aliphatic hydroxyl groups excluding tert-OH is 4. The van der Waals surface area contributed by atoms with E-state index in [4.69, 9.17) is 23.4 Å². The van der Waals surface area contributed by atoms with Crippen molar-refractivity contribution < 1.29 is 58.8 Å². The zero-order valence-electron chi connectivity index (χ0n) is 20.5. The Morgan fingerprint density at radius 2 is 1.77 bits per heavy atom. The number of rotatable bonds is 10. The highest BCUT2D eigenvalue weighted by molar-refractivity contribution is 5.89. The van der Waals surface area contributed by atoms with Crippen molar-refractivity contribution in [2.75, 3.05) is 27.0 Å². The topological polar surface area (TPSA) is 218 Å². The first-order valence-electron chi connectivity index (χ1n) is 11.7. The van der Waals surface area contributed by atoms with Gasteiger partial charge in [-0.15, -0.1) is 0 Å². The molecule has 0 spiro atoms. The number of phenols is 1. The predicted molar refractivity (Wildman–Crippen MR) is 132 cm³/mol. The van der Waals surface area contributed by atoms with E-state index in [0.717, 1.165) is 12.1 Å². The van der Waals surface area contributed by atoms with E-state index in [1.54, 1.807) is 31.3 Å². The summed E-state index contributed by atoms with van der Waals surface area (Å²) in [7, 11) is 1.80. The molecule has 2 heterocycles. The Kier molecular flexibility index (Phi) is 8.54. The lowest BCUT2D eigenvalue weighted by molar-refractivity contribution is -0.271. The lowest BCUT2D eigenvalue weighted by Crippen LogP contribution is -2.61. The number of aliphatic carboxylic acids is 1. The first-order valence-corrected chi connectivity index (χ1v) is 11.7. The number of phenolic OH excluding ortho intramolecular Hbond substituents is 1. The zero-order chi connectivity index (χ0) is 28.3. The summed E-state index contributed by atoms with van der Waals surface area (Å²) in [5, 5.41) is 62.3. The van der Waals surface area contributed by atoms with Crippen molar-refractivity contribution in [2.45, 2.75) is 30.7 Å². The number of ether oxygens (including phenoxy) is 4. The summed E-state index contributed by atoms with van der Waals surface area (Å²) < 4.78 is 27.0. The molecule has 7 N–H and O–H groups in total. The molecule has 1 aromatic heterocycles. The van der Waals surface area contributed by atoms with E-state index in [1.165, 1.54) is 0 Å². The summed E-state index contributed by atoms with van der Waals surface area (Å²) in [5.41, 5.74) is -0.351. The van der Waals surface area contributed by atoms with Crippen molar-refractivity contribution in [1.82, 2.24) is 5.32 Å². The summed E-state index contributed by atoms with van der Waals surface area (Å²) in [6, 6.07) is 8.92. The minimum absolute atomic E-state index is 0.119. The van der Waals surface area contributed by atoms with Crippen LogP contribution < -0.4 is 25.0 Å². The number of benzene rings is 2. The van der Waals surface area contributed by atoms with Gasteiger partial charge in [0.15, 0.2) is 29.8 Å². The van der Waals surface area contributed by atoms with Gasteiger partial charge in [0.05, 0.1) is 0 Å². The van der Waals surface area contributed by atoms with Gasteiger partial charge in [0.1, 0.15) is 47.4 Å². The normalized spacial score (nSPS) is 22.9. The van der Waals surface area contributed by atoms with Gasteiger partial charge in [-0.05, 0) is 31.3 Å². The molecular weight excluding hydrogens is 522 g/mol. The first-order chi connectivity index (χ1) is 18.7. The van der Waals surface area contributed by atoms with Gasteiger partial charge in [-0.3, -0.25) is 4.79 Å². The van der Waals surface area contributed by atoms with Gasteiger partial charge in [0, 0.05) is 24.2 Å². The molecule has 1 aliphatic heterocycles. The molecule has 3 aromatic rings. The zero-order valence-corrected chi connectivity index (χ0v) is 20.5. The second-order valence-corrected chi connectivity index (χ2v) is 8.50. The van der Waals surface area contributed by atoms with Gasteiger partial charge in [-0.2, -0.15) is 0 Å². The molecule has 0 radical (unpaired) electrons. The number of likely N-dealkylation sites (N-methyl/N-ethyl adjacent to an activating group) is 1. The number of carbonyl (C=O) groups is 1. The van der Waals surface area contributed by atoms with Gasteiger partial charge in [0.2, 0.25) is 12.0 Å². The minimum atomic E-state index is -1.96. The molecule has 14 nitrogen and oxygen atoms in total. The van der Waals surface area contributed by atoms with Crippen LogP contribution >= 0.6 is 0 Å². The van der Waals surface area contributed by atoms with E-state index in [0.29, 0.717) is 24.5 Å². The SMILES string of the molecule is CNCCOc1ccc(-c2cc(=O)c3c(O)c(OCO)c(O[C@H]4O[C@H](C(=O)O)[C@@H](O)[C@@H](O)[C@H]4O)cc3o2)cc1. The maximum absolute atomic E-state index is 12.9. The average molecular weight is 549 g/mol. The Balaban J connectivity index is 1.73. The lowest BCUT2D eigenvalue weighted by atomic mass is 9.99. The smallest absolute Gasteiger partial charge is 0.335 e. The van der Waals surface area contributed by atoms with Crippen LogP contribution in [-0.4, -0.2) is 94.3 Å². The number of aromatic hydroxyl groups is 1. The van der Waals surface area contributed by atoms with Gasteiger partial charge in [-0.25, -0.2) is 4.79 Å². The molecule has 0 unspecified atom stereocenters. The van der Waals surface area contributed by atoms with Crippen LogP contribution in [-0.2, 0) is 9.53 Å². The van der Waals surface area contributed by atoms with Crippen LogP contribution in [0.1, 0.15) is 0 Å². The molecule has 1 saturated heterocycles. The Hall–Kier alpha value is -3.92. The first kappa shape index (κ1) is 28.1. The molecule has 4 rings (SSSR count). The molecule has 210 valence electrons. The third-order valence-corrected chi connectivity index (χ3v) is 5.94. The van der Waals surface area contributed by atoms with Gasteiger partial charge in [-0.1, -0.05) is 0 Å². The van der Waals surface area contributed by atoms with Gasteiger partial charge < -0.3 is 59.3 Å². The van der Waals surface area contributed by atoms with E-state index in [9.17, 15) is 40.2 Å². The number of carboxylic acids is 1. The Morgan fingerprint density at radius 3 is 2.41 bits per heavy atom. The molecule has 1 fully saturated rings. The molecule has 1 aliphatic rings. The van der Waals surface area contributed by atoms with Crippen LogP contribution in [0.3, 0.4) is 0 Å². The lowest BCUT2D eigenvalue weighted by Gasteiger charge is -2.38. The largest absolute Gasteiger partial charge is 0.504 e. The number of fused-ring (bicyclic) bond motifs is 1. The van der Waals surface area contributed by atoms with Crippen LogP contribution in [0.4, 0.5) is 0 Å². The van der Waals surface area contributed by atoms with Crippen molar-refractivity contribution >= 4 is 16.9 Å². The van der Waals surface area contributed by atoms with Crippen molar-refractivity contribution in [3.05, 3.63) is 46.6 Å². The number of carboxylic acid groups (broad SMARTS) is 1. The summed E-state index contributed by atoms with van der Waals surface area (Å²) >= 11 is 0. The Labute approximate surface area is 220 Å². The van der Waals surface area contributed by atoms with E-state index in [1.807, 2.05) is 0 Å². The molecule has 0 bridgehead atoms. The standard InChI is InChI=1S/C25H27NO13/c1-26-6-7-35-12-4-2-11(3-5-12)14-8-13(28)17-15(37-14)9-16(22(18(17)29)36-10-27)38-25-21(32)19(30)20(31)23(39-25)24(33)34/h2-5,8-9,19-21,23,25-27,29-32H,6-7,10H2,1H3,(H,33,34)/t19-,20+,21-,23+,25+/m1/s1. The van der Waals surface area contributed by atoms with E-state index in [2.05, 4.69) is 5.32 Å². The van der Waals surface area contributed by atoms with Crippen molar-refractivity contribution in [3.8, 4) is 34.3 Å². The number of nitrogens with one attached hydrogen (secondary N) is 1. The monoisotopic (exact) mass is 549 g/mol. The third-order valence-electron chi connectivity index (χ3n) is 5.94. The fourth-order valence-electron chi connectivity index (χ4n) is 3.96. The molecular formula is C25H27NO13. The second kappa shape index (κ2) is 11.9. The van der Waals surface area contributed by atoms with Crippen molar-refractivity contribution in [3.63, 3.8) is 0 Å². The minimum Gasteiger partial charge on any atom is -0.504 e. The summed E-state index contributed by atoms with van der Waals surface area (Å²) in [4.78, 5) is 24.4. The summed E-state index contributed by atoms with van der Waals surface area (Å²) in [6.07, 6.45) is -9.68. The average Bonchev–Trinajstić information content (AvgIpc) is 2.91. The van der Waals surface area contributed by atoms with Crippen LogP contribution in [0.2, 0.25) is 0 Å². The van der Waals surface area contributed by atoms with Crippen molar-refractivity contribution in [1.29, 1.82) is 0 Å². The van der Waals surface area contributed by atoms with E-state index >= 15 is 0 Å². The maximum atomic E-state index is 12.9. The van der Waals surface area contributed by atoms with Crippen LogP contribution in [0, 0.1) is 0 Å². The molecule has 39 heavy (non-hydrogen) atoms. The number of aliphatic hydroxyl groups is 4. The quantitative estimate of drug-likeness (QED) is 0.124. The highest BCUT2D eigenvalue weighted by Crippen LogP contribution is 2.43. The van der Waals surface area contributed by atoms with Gasteiger partial charge in [0.25, 0.3) is 0 Å². The molecule has 14 heteroatoms. The maximum Gasteiger partial charge on any atom is 0.335 e. The van der Waals surface area contributed by atoms with Crippen LogP contribution in [0.25, 0.3) is 22.3 Å². The third kappa shape index (κ3) is 5.75. The predicted octanol–water partition coefficient (Wildman–Crippen LogP) is -0.637. The van der Waals surface area contributed by atoms with E-state index in [-0.39, 0.29) is 16.7 Å². The summed E-state index contributed by atoms with van der Waals surface area (Å²) in [5.74, 6) is -2.67. The Morgan fingerprint density at radius 1 is 1.05 bits per heavy atom. The fourth-order valence-corrected chi connectivity index (χ4v) is 3.96. The number of hydrogen-bond acceptors (Lipinski definition) is 13. The molecule has 2 aromatic carbocycles. The molecule has 0 aliphatic carbocycles. The Bertz CT molecular complexity index is 1370. The summed E-state index contributed by atoms with van der Waals surface area (Å²) in [6.45, 7) is 0.134. The number of hydrogen-bond donors (Lipinski definition) is 7. The van der Waals surface area contributed by atoms with Crippen molar-refractivity contribution in [2.24, 2.45) is 0 Å². The highest BCUT2D eigenvalue weighted by atomic mass is 16.7. The molecule has 0 amide bonds. The fraction of sp³-hybridized carbons (Fsp3) is 0.360. The van der Waals surface area contributed by atoms with E-state index < -0.39 is 66.1 Å². The van der Waals surface area contributed by atoms with Crippen LogP contribution in [0.15, 0.2) is 45.6 Å². The molecule has 5 atom stereocenters. The van der Waals surface area contributed by atoms with Crippen LogP contribution in [0.5, 0.6) is 23.0 Å². The second-order valence-electron chi connectivity index (χ2n) is 8.50. The highest BCUT2D eigenvalue weighted by Gasteiger charge is 2.48. The van der Waals surface area contributed by atoms with Gasteiger partial charge >= 0.3 is 5.97 Å². The molecule has 0 saturated carbocycles.